The lowest BCUT2D eigenvalue weighted by Gasteiger charge is -2.12. The molecule has 5 nitrogen and oxygen atoms in total. The van der Waals surface area contributed by atoms with Crippen molar-refractivity contribution in [2.75, 3.05) is 39.5 Å². The fourth-order valence-corrected chi connectivity index (χ4v) is 1.81. The molecule has 1 atom stereocenters. The number of aliphatic imine (C=N–C) groups is 1. The standard InChI is InChI=1S/C13H24F3N3O2.HI/c1-2-17-12(19-7-5-13(14,15)16)18-6-3-8-21-11-4-9-20-10-11;/h11H,2-10H2,1H3,(H2,17,18,19);1H. The summed E-state index contributed by atoms with van der Waals surface area (Å²) in [6.45, 7) is 4.78. The van der Waals surface area contributed by atoms with E-state index in [1.54, 1.807) is 0 Å². The maximum absolute atomic E-state index is 12.1. The van der Waals surface area contributed by atoms with Gasteiger partial charge < -0.3 is 20.1 Å². The van der Waals surface area contributed by atoms with Gasteiger partial charge in [-0.15, -0.1) is 24.0 Å². The van der Waals surface area contributed by atoms with Gasteiger partial charge in [0.25, 0.3) is 0 Å². The van der Waals surface area contributed by atoms with E-state index in [-0.39, 0.29) is 36.6 Å². The number of rotatable bonds is 8. The van der Waals surface area contributed by atoms with Crippen molar-refractivity contribution in [2.24, 2.45) is 4.99 Å². The van der Waals surface area contributed by atoms with Crippen molar-refractivity contribution in [2.45, 2.75) is 38.5 Å². The van der Waals surface area contributed by atoms with Crippen LogP contribution in [0.25, 0.3) is 0 Å². The zero-order chi connectivity index (χ0) is 15.6. The highest BCUT2D eigenvalue weighted by atomic mass is 127. The second kappa shape index (κ2) is 12.2. The Morgan fingerprint density at radius 2 is 2.14 bits per heavy atom. The van der Waals surface area contributed by atoms with Crippen LogP contribution >= 0.6 is 24.0 Å². The first kappa shape index (κ1) is 21.7. The second-order valence-electron chi connectivity index (χ2n) is 4.76. The molecule has 0 aromatic heterocycles. The number of alkyl halides is 3. The molecular weight excluding hydrogens is 414 g/mol. The Morgan fingerprint density at radius 1 is 1.36 bits per heavy atom. The van der Waals surface area contributed by atoms with Crippen LogP contribution in [0.4, 0.5) is 13.2 Å². The molecule has 0 aliphatic carbocycles. The van der Waals surface area contributed by atoms with Gasteiger partial charge in [-0.05, 0) is 19.8 Å². The molecule has 1 fully saturated rings. The zero-order valence-corrected chi connectivity index (χ0v) is 15.1. The number of halogens is 4. The molecular formula is C13H25F3IN3O2. The summed E-state index contributed by atoms with van der Waals surface area (Å²) >= 11 is 0. The van der Waals surface area contributed by atoms with E-state index < -0.39 is 12.6 Å². The van der Waals surface area contributed by atoms with Crippen LogP contribution in [0.3, 0.4) is 0 Å². The molecule has 0 radical (unpaired) electrons. The minimum atomic E-state index is -4.15. The van der Waals surface area contributed by atoms with Gasteiger partial charge in [-0.2, -0.15) is 13.2 Å². The minimum absolute atomic E-state index is 0. The van der Waals surface area contributed by atoms with Crippen molar-refractivity contribution in [1.82, 2.24) is 10.6 Å². The molecule has 1 saturated heterocycles. The van der Waals surface area contributed by atoms with Gasteiger partial charge in [-0.25, -0.2) is 0 Å². The second-order valence-corrected chi connectivity index (χ2v) is 4.76. The summed E-state index contributed by atoms with van der Waals surface area (Å²) in [6.07, 6.45) is -3.20. The smallest absolute Gasteiger partial charge is 0.379 e. The average Bonchev–Trinajstić information content (AvgIpc) is 2.90. The highest BCUT2D eigenvalue weighted by Crippen LogP contribution is 2.18. The van der Waals surface area contributed by atoms with E-state index in [2.05, 4.69) is 15.6 Å². The number of guanidine groups is 1. The number of nitrogens with zero attached hydrogens (tertiary/aromatic N) is 1. The Morgan fingerprint density at radius 3 is 2.73 bits per heavy atom. The first-order valence-corrected chi connectivity index (χ1v) is 7.29. The van der Waals surface area contributed by atoms with Crippen LogP contribution in [0.2, 0.25) is 0 Å². The Hall–Kier alpha value is -0.290. The summed E-state index contributed by atoms with van der Waals surface area (Å²) in [4.78, 5) is 4.21. The van der Waals surface area contributed by atoms with Crippen molar-refractivity contribution >= 4 is 29.9 Å². The number of nitrogens with one attached hydrogen (secondary N) is 2. The van der Waals surface area contributed by atoms with Gasteiger partial charge in [0.05, 0.1) is 19.1 Å². The van der Waals surface area contributed by atoms with Gasteiger partial charge in [-0.1, -0.05) is 0 Å². The maximum Gasteiger partial charge on any atom is 0.390 e. The Balaban J connectivity index is 0.00000441. The highest BCUT2D eigenvalue weighted by molar-refractivity contribution is 14.0. The summed E-state index contributed by atoms with van der Waals surface area (Å²) in [6, 6.07) is 0. The monoisotopic (exact) mass is 439 g/mol. The van der Waals surface area contributed by atoms with E-state index in [1.165, 1.54) is 0 Å². The predicted molar refractivity (Wildman–Crippen MR) is 89.9 cm³/mol. The Labute approximate surface area is 146 Å². The largest absolute Gasteiger partial charge is 0.390 e. The van der Waals surface area contributed by atoms with Crippen LogP contribution in [-0.2, 0) is 9.47 Å². The zero-order valence-electron chi connectivity index (χ0n) is 12.7. The molecule has 0 bridgehead atoms. The van der Waals surface area contributed by atoms with Gasteiger partial charge in [0.2, 0.25) is 0 Å². The van der Waals surface area contributed by atoms with Crippen molar-refractivity contribution in [3.63, 3.8) is 0 Å². The summed E-state index contributed by atoms with van der Waals surface area (Å²) in [5.41, 5.74) is 0. The summed E-state index contributed by atoms with van der Waals surface area (Å²) in [5.74, 6) is 0.408. The van der Waals surface area contributed by atoms with Crippen LogP contribution in [-0.4, -0.2) is 57.7 Å². The lowest BCUT2D eigenvalue weighted by molar-refractivity contribution is -0.132. The lowest BCUT2D eigenvalue weighted by atomic mass is 10.3. The molecule has 9 heteroatoms. The molecule has 0 aromatic rings. The quantitative estimate of drug-likeness (QED) is 0.264. The first-order valence-electron chi connectivity index (χ1n) is 7.29. The normalized spacial score (nSPS) is 18.9. The molecule has 1 aliphatic heterocycles. The van der Waals surface area contributed by atoms with E-state index in [0.29, 0.717) is 32.3 Å². The van der Waals surface area contributed by atoms with Crippen LogP contribution in [0.1, 0.15) is 26.2 Å². The average molecular weight is 439 g/mol. The van der Waals surface area contributed by atoms with Crippen LogP contribution in [0.15, 0.2) is 4.99 Å². The van der Waals surface area contributed by atoms with E-state index in [0.717, 1.165) is 19.4 Å². The molecule has 0 spiro atoms. The van der Waals surface area contributed by atoms with Gasteiger partial charge >= 0.3 is 6.18 Å². The third kappa shape index (κ3) is 11.3. The number of hydrogen-bond donors (Lipinski definition) is 2. The molecule has 1 unspecified atom stereocenters. The first-order chi connectivity index (χ1) is 10.0. The summed E-state index contributed by atoms with van der Waals surface area (Å²) in [7, 11) is 0. The fraction of sp³-hybridized carbons (Fsp3) is 0.923. The lowest BCUT2D eigenvalue weighted by Crippen LogP contribution is -2.39. The van der Waals surface area contributed by atoms with E-state index in [9.17, 15) is 13.2 Å². The molecule has 0 aromatic carbocycles. The Kier molecular flexibility index (Phi) is 12.0. The van der Waals surface area contributed by atoms with Crippen molar-refractivity contribution in [3.8, 4) is 0 Å². The molecule has 1 aliphatic rings. The third-order valence-corrected chi connectivity index (χ3v) is 2.86. The van der Waals surface area contributed by atoms with E-state index in [4.69, 9.17) is 9.47 Å². The van der Waals surface area contributed by atoms with Crippen LogP contribution in [0, 0.1) is 0 Å². The van der Waals surface area contributed by atoms with Crippen LogP contribution in [0.5, 0.6) is 0 Å². The van der Waals surface area contributed by atoms with E-state index in [1.807, 2.05) is 6.92 Å². The number of ether oxygens (including phenoxy) is 2. The number of hydrogen-bond acceptors (Lipinski definition) is 3. The summed E-state index contributed by atoms with van der Waals surface area (Å²) < 4.78 is 47.0. The molecule has 2 N–H and O–H groups in total. The topological polar surface area (TPSA) is 54.9 Å². The van der Waals surface area contributed by atoms with Crippen molar-refractivity contribution < 1.29 is 22.6 Å². The summed E-state index contributed by atoms with van der Waals surface area (Å²) in [5, 5.41) is 5.58. The Bertz CT molecular complexity index is 311. The fourth-order valence-electron chi connectivity index (χ4n) is 1.81. The molecule has 1 rings (SSSR count). The van der Waals surface area contributed by atoms with Crippen molar-refractivity contribution in [1.29, 1.82) is 0 Å². The molecule has 1 heterocycles. The SMILES string of the molecule is CCNC(=NCCCOC1CCOC1)NCCC(F)(F)F.I. The third-order valence-electron chi connectivity index (χ3n) is 2.86. The molecule has 0 saturated carbocycles. The van der Waals surface area contributed by atoms with Gasteiger partial charge in [0, 0.05) is 32.8 Å². The van der Waals surface area contributed by atoms with Crippen molar-refractivity contribution in [3.05, 3.63) is 0 Å². The van der Waals surface area contributed by atoms with Crippen LogP contribution < -0.4 is 10.6 Å². The van der Waals surface area contributed by atoms with Gasteiger partial charge in [-0.3, -0.25) is 4.99 Å². The molecule has 22 heavy (non-hydrogen) atoms. The van der Waals surface area contributed by atoms with E-state index >= 15 is 0 Å². The van der Waals surface area contributed by atoms with Gasteiger partial charge in [0.15, 0.2) is 5.96 Å². The molecule has 132 valence electrons. The maximum atomic E-state index is 12.1. The predicted octanol–water partition coefficient (Wildman–Crippen LogP) is 2.31. The molecule has 0 amide bonds. The highest BCUT2D eigenvalue weighted by Gasteiger charge is 2.26. The van der Waals surface area contributed by atoms with Gasteiger partial charge in [0.1, 0.15) is 0 Å². The minimum Gasteiger partial charge on any atom is -0.379 e.